The van der Waals surface area contributed by atoms with Gasteiger partial charge in [-0.3, -0.25) is 4.79 Å². The molecule has 0 amide bonds. The van der Waals surface area contributed by atoms with E-state index in [1.165, 1.54) is 0 Å². The lowest BCUT2D eigenvalue weighted by atomic mass is 9.88. The van der Waals surface area contributed by atoms with Crippen molar-refractivity contribution in [2.75, 3.05) is 13.1 Å². The summed E-state index contributed by atoms with van der Waals surface area (Å²) in [5.41, 5.74) is 1.50. The number of hydrogen-bond donors (Lipinski definition) is 2. The van der Waals surface area contributed by atoms with Gasteiger partial charge >= 0.3 is 5.97 Å². The van der Waals surface area contributed by atoms with Crippen molar-refractivity contribution in [2.24, 2.45) is 5.92 Å². The van der Waals surface area contributed by atoms with Crippen LogP contribution in [0.3, 0.4) is 0 Å². The topological polar surface area (TPSA) is 73.1 Å². The van der Waals surface area contributed by atoms with Crippen molar-refractivity contribution < 1.29 is 9.90 Å². The number of carboxylic acid groups (broad SMARTS) is 1. The maximum atomic E-state index is 11.0. The first-order valence-corrected chi connectivity index (χ1v) is 5.16. The Hall–Kier alpha value is -1.86. The summed E-state index contributed by atoms with van der Waals surface area (Å²) in [7, 11) is 0. The molecule has 1 saturated heterocycles. The van der Waals surface area contributed by atoms with Crippen molar-refractivity contribution in [2.45, 2.75) is 5.92 Å². The van der Waals surface area contributed by atoms with E-state index in [1.54, 1.807) is 18.2 Å². The Bertz CT molecular complexity index is 451. The number of hydrogen-bond acceptors (Lipinski definition) is 3. The van der Waals surface area contributed by atoms with Crippen LogP contribution in [0.1, 0.15) is 17.0 Å². The van der Waals surface area contributed by atoms with Gasteiger partial charge in [-0.2, -0.15) is 5.26 Å². The van der Waals surface area contributed by atoms with Gasteiger partial charge in [0.1, 0.15) is 0 Å². The molecule has 0 aliphatic carbocycles. The highest BCUT2D eigenvalue weighted by Gasteiger charge is 2.33. The van der Waals surface area contributed by atoms with Gasteiger partial charge in [0.15, 0.2) is 0 Å². The van der Waals surface area contributed by atoms with Crippen LogP contribution in [0, 0.1) is 17.2 Å². The average molecular weight is 216 g/mol. The molecule has 1 aromatic carbocycles. The average Bonchev–Trinajstić information content (AvgIpc) is 2.78. The SMILES string of the molecule is N#Cc1cccc(C2CNCC2C(=O)O)c1. The summed E-state index contributed by atoms with van der Waals surface area (Å²) in [5.74, 6) is -1.21. The molecule has 1 fully saturated rings. The Morgan fingerprint density at radius 3 is 3.00 bits per heavy atom. The van der Waals surface area contributed by atoms with Crippen LogP contribution in [-0.2, 0) is 4.79 Å². The molecule has 0 bridgehead atoms. The third-order valence-electron chi connectivity index (χ3n) is 2.98. The highest BCUT2D eigenvalue weighted by atomic mass is 16.4. The highest BCUT2D eigenvalue weighted by molar-refractivity contribution is 5.72. The Morgan fingerprint density at radius 1 is 1.50 bits per heavy atom. The van der Waals surface area contributed by atoms with Crippen molar-refractivity contribution in [1.29, 1.82) is 5.26 Å². The molecule has 4 nitrogen and oxygen atoms in total. The van der Waals surface area contributed by atoms with Gasteiger partial charge in [-0.05, 0) is 17.7 Å². The van der Waals surface area contributed by atoms with E-state index in [1.807, 2.05) is 6.07 Å². The molecule has 16 heavy (non-hydrogen) atoms. The van der Waals surface area contributed by atoms with E-state index < -0.39 is 11.9 Å². The molecule has 0 spiro atoms. The van der Waals surface area contributed by atoms with Gasteiger partial charge in [-0.15, -0.1) is 0 Å². The van der Waals surface area contributed by atoms with Crippen molar-refractivity contribution >= 4 is 5.97 Å². The summed E-state index contributed by atoms with van der Waals surface area (Å²) >= 11 is 0. The minimum atomic E-state index is -0.780. The van der Waals surface area contributed by atoms with Crippen molar-refractivity contribution in [1.82, 2.24) is 5.32 Å². The van der Waals surface area contributed by atoms with Gasteiger partial charge in [-0.1, -0.05) is 12.1 Å². The molecule has 2 N–H and O–H groups in total. The Balaban J connectivity index is 2.29. The van der Waals surface area contributed by atoms with E-state index in [2.05, 4.69) is 11.4 Å². The van der Waals surface area contributed by atoms with E-state index >= 15 is 0 Å². The molecule has 0 aromatic heterocycles. The van der Waals surface area contributed by atoms with Gasteiger partial charge < -0.3 is 10.4 Å². The molecular formula is C12H12N2O2. The first-order chi connectivity index (χ1) is 7.72. The van der Waals surface area contributed by atoms with Crippen molar-refractivity contribution in [3.05, 3.63) is 35.4 Å². The fourth-order valence-corrected chi connectivity index (χ4v) is 2.13. The molecule has 82 valence electrons. The molecule has 1 aliphatic heterocycles. The summed E-state index contributed by atoms with van der Waals surface area (Å²) in [6, 6.07) is 9.24. The number of nitrogens with zero attached hydrogens (tertiary/aromatic N) is 1. The predicted octanol–water partition coefficient (Wildman–Crippen LogP) is 0.946. The zero-order valence-corrected chi connectivity index (χ0v) is 8.68. The fraction of sp³-hybridized carbons (Fsp3) is 0.333. The van der Waals surface area contributed by atoms with Gasteiger partial charge in [0.2, 0.25) is 0 Å². The lowest BCUT2D eigenvalue weighted by Crippen LogP contribution is -2.21. The fourth-order valence-electron chi connectivity index (χ4n) is 2.13. The van der Waals surface area contributed by atoms with Crippen LogP contribution < -0.4 is 5.32 Å². The van der Waals surface area contributed by atoms with Gasteiger partial charge in [-0.25, -0.2) is 0 Å². The van der Waals surface area contributed by atoms with Gasteiger partial charge in [0.25, 0.3) is 0 Å². The molecule has 1 aromatic rings. The number of carboxylic acids is 1. The molecule has 0 saturated carbocycles. The monoisotopic (exact) mass is 216 g/mol. The first-order valence-electron chi connectivity index (χ1n) is 5.16. The van der Waals surface area contributed by atoms with Crippen molar-refractivity contribution in [3.63, 3.8) is 0 Å². The van der Waals surface area contributed by atoms with E-state index in [9.17, 15) is 4.79 Å². The summed E-state index contributed by atoms with van der Waals surface area (Å²) in [6.07, 6.45) is 0. The normalized spacial score (nSPS) is 23.9. The minimum absolute atomic E-state index is 0.0363. The number of nitriles is 1. The van der Waals surface area contributed by atoms with Crippen LogP contribution >= 0.6 is 0 Å². The molecule has 1 aliphatic rings. The predicted molar refractivity (Wildman–Crippen MR) is 57.9 cm³/mol. The van der Waals surface area contributed by atoms with E-state index in [0.29, 0.717) is 18.7 Å². The van der Waals surface area contributed by atoms with E-state index in [4.69, 9.17) is 10.4 Å². The maximum absolute atomic E-state index is 11.0. The molecule has 0 radical (unpaired) electrons. The molecule has 2 rings (SSSR count). The molecule has 4 heteroatoms. The summed E-state index contributed by atoms with van der Waals surface area (Å²) in [5, 5.41) is 20.9. The molecular weight excluding hydrogens is 204 g/mol. The lowest BCUT2D eigenvalue weighted by molar-refractivity contribution is -0.141. The molecule has 1 heterocycles. The van der Waals surface area contributed by atoms with E-state index in [0.717, 1.165) is 5.56 Å². The zero-order valence-electron chi connectivity index (χ0n) is 8.68. The number of aliphatic carboxylic acids is 1. The van der Waals surface area contributed by atoms with Gasteiger partial charge in [0.05, 0.1) is 17.6 Å². The number of rotatable bonds is 2. The Labute approximate surface area is 93.5 Å². The van der Waals surface area contributed by atoms with Crippen LogP contribution in [0.2, 0.25) is 0 Å². The molecule has 2 unspecified atom stereocenters. The van der Waals surface area contributed by atoms with Crippen LogP contribution in [-0.4, -0.2) is 24.2 Å². The second-order valence-corrected chi connectivity index (χ2v) is 3.95. The second kappa shape index (κ2) is 4.33. The van der Waals surface area contributed by atoms with Crippen LogP contribution in [0.25, 0.3) is 0 Å². The largest absolute Gasteiger partial charge is 0.481 e. The van der Waals surface area contributed by atoms with Crippen LogP contribution in [0.15, 0.2) is 24.3 Å². The second-order valence-electron chi connectivity index (χ2n) is 3.95. The summed E-state index contributed by atoms with van der Waals surface area (Å²) < 4.78 is 0. The quantitative estimate of drug-likeness (QED) is 0.771. The van der Waals surface area contributed by atoms with Crippen LogP contribution in [0.5, 0.6) is 0 Å². The standard InChI is InChI=1S/C12H12N2O2/c13-5-8-2-1-3-9(4-8)10-6-14-7-11(10)12(15)16/h1-4,10-11,14H,6-7H2,(H,15,16). The zero-order chi connectivity index (χ0) is 11.5. The van der Waals surface area contributed by atoms with E-state index in [-0.39, 0.29) is 5.92 Å². The Kier molecular flexibility index (Phi) is 2.88. The third-order valence-corrected chi connectivity index (χ3v) is 2.98. The number of benzene rings is 1. The highest BCUT2D eigenvalue weighted by Crippen LogP contribution is 2.28. The Morgan fingerprint density at radius 2 is 2.31 bits per heavy atom. The summed E-state index contributed by atoms with van der Waals surface area (Å²) in [6.45, 7) is 1.16. The third kappa shape index (κ3) is 1.90. The lowest BCUT2D eigenvalue weighted by Gasteiger charge is -2.14. The van der Waals surface area contributed by atoms with Gasteiger partial charge in [0, 0.05) is 19.0 Å². The molecule has 2 atom stereocenters. The minimum Gasteiger partial charge on any atom is -0.481 e. The van der Waals surface area contributed by atoms with Crippen molar-refractivity contribution in [3.8, 4) is 6.07 Å². The number of nitrogens with one attached hydrogen (secondary N) is 1. The smallest absolute Gasteiger partial charge is 0.308 e. The first kappa shape index (κ1) is 10.7. The summed E-state index contributed by atoms with van der Waals surface area (Å²) in [4.78, 5) is 11.0. The maximum Gasteiger partial charge on any atom is 0.308 e. The number of carbonyl (C=O) groups is 1. The van der Waals surface area contributed by atoms with Crippen LogP contribution in [0.4, 0.5) is 0 Å².